The van der Waals surface area contributed by atoms with E-state index in [1.807, 2.05) is 12.1 Å². The van der Waals surface area contributed by atoms with Crippen molar-refractivity contribution in [1.29, 1.82) is 0 Å². The highest BCUT2D eigenvalue weighted by atomic mass is 16.5. The van der Waals surface area contributed by atoms with Crippen molar-refractivity contribution in [1.82, 2.24) is 24.4 Å². The molecule has 12 heteroatoms. The number of ketones is 1. The Morgan fingerprint density at radius 3 is 2.22 bits per heavy atom. The lowest BCUT2D eigenvalue weighted by atomic mass is 10.0. The van der Waals surface area contributed by atoms with Crippen LogP contribution in [0.1, 0.15) is 75.3 Å². The van der Waals surface area contributed by atoms with Gasteiger partial charge in [0.05, 0.1) is 30.1 Å². The number of hydrogen-bond acceptors (Lipinski definition) is 10. The summed E-state index contributed by atoms with van der Waals surface area (Å²) in [6, 6.07) is 10.3. The third-order valence-corrected chi connectivity index (χ3v) is 8.72. The number of nitrogens with one attached hydrogen (secondary N) is 1. The van der Waals surface area contributed by atoms with Crippen LogP contribution in [0.4, 0.5) is 17.5 Å². The molecule has 12 nitrogen and oxygen atoms in total. The zero-order valence-corrected chi connectivity index (χ0v) is 25.6. The minimum atomic E-state index is -0.438. The van der Waals surface area contributed by atoms with Gasteiger partial charge in [-0.25, -0.2) is 14.8 Å². The number of benzene rings is 1. The summed E-state index contributed by atoms with van der Waals surface area (Å²) in [5.41, 5.74) is 2.90. The number of pyridine rings is 2. The van der Waals surface area contributed by atoms with E-state index in [9.17, 15) is 19.2 Å². The molecule has 232 valence electrons. The van der Waals surface area contributed by atoms with Crippen molar-refractivity contribution >= 4 is 46.1 Å². The maximum atomic E-state index is 13.5. The van der Waals surface area contributed by atoms with Crippen LogP contribution in [0.15, 0.2) is 53.6 Å². The molecule has 2 fully saturated rings. The quantitative estimate of drug-likeness (QED) is 0.238. The summed E-state index contributed by atoms with van der Waals surface area (Å²) in [5, 5.41) is 3.85. The SMILES string of the molecule is COC(=O)c1ccc(C(=O)N2CCN(c3ccc(Nc4ncc5c(C)c(C(C)=O)c(=O)n(C6CCCC6)c5n4)nc3)CC2)cc1. The second kappa shape index (κ2) is 12.5. The van der Waals surface area contributed by atoms with Gasteiger partial charge in [-0.2, -0.15) is 4.98 Å². The van der Waals surface area contributed by atoms with Crippen molar-refractivity contribution in [3.05, 3.63) is 81.4 Å². The van der Waals surface area contributed by atoms with E-state index in [0.29, 0.717) is 65.7 Å². The number of fused-ring (bicyclic) bond motifs is 1. The number of carbonyl (C=O) groups excluding carboxylic acids is 3. The predicted octanol–water partition coefficient (Wildman–Crippen LogP) is 4.31. The first-order valence-corrected chi connectivity index (χ1v) is 15.1. The first-order valence-electron chi connectivity index (χ1n) is 15.1. The molecule has 0 unspecified atom stereocenters. The maximum Gasteiger partial charge on any atom is 0.337 e. The fourth-order valence-electron chi connectivity index (χ4n) is 6.29. The van der Waals surface area contributed by atoms with Crippen molar-refractivity contribution in [2.24, 2.45) is 0 Å². The lowest BCUT2D eigenvalue weighted by molar-refractivity contribution is 0.0599. The van der Waals surface area contributed by atoms with Gasteiger partial charge in [0, 0.05) is 49.4 Å². The van der Waals surface area contributed by atoms with Crippen LogP contribution in [-0.2, 0) is 4.74 Å². The Morgan fingerprint density at radius 2 is 1.60 bits per heavy atom. The van der Waals surface area contributed by atoms with E-state index >= 15 is 0 Å². The average molecular weight is 610 g/mol. The van der Waals surface area contributed by atoms with Gasteiger partial charge in [0.1, 0.15) is 11.5 Å². The Kier molecular flexibility index (Phi) is 8.29. The fourth-order valence-corrected chi connectivity index (χ4v) is 6.29. The number of carbonyl (C=O) groups is 3. The number of rotatable bonds is 7. The highest BCUT2D eigenvalue weighted by Gasteiger charge is 2.26. The lowest BCUT2D eigenvalue weighted by Gasteiger charge is -2.36. The molecule has 6 rings (SSSR count). The molecule has 4 aromatic rings. The molecule has 1 aliphatic carbocycles. The molecule has 0 atom stereocenters. The number of aromatic nitrogens is 4. The van der Waals surface area contributed by atoms with Crippen molar-refractivity contribution in [3.8, 4) is 0 Å². The van der Waals surface area contributed by atoms with E-state index in [2.05, 4.69) is 20.2 Å². The van der Waals surface area contributed by atoms with Crippen LogP contribution in [0.3, 0.4) is 0 Å². The number of Topliss-reactive ketones (excluding diaryl/α,β-unsaturated/α-hetero) is 1. The monoisotopic (exact) mass is 609 g/mol. The Labute approximate surface area is 260 Å². The van der Waals surface area contributed by atoms with Crippen molar-refractivity contribution in [3.63, 3.8) is 0 Å². The van der Waals surface area contributed by atoms with Gasteiger partial charge in [-0.1, -0.05) is 12.8 Å². The van der Waals surface area contributed by atoms with Crippen LogP contribution in [0.25, 0.3) is 11.0 Å². The summed E-state index contributed by atoms with van der Waals surface area (Å²) < 4.78 is 6.41. The number of methoxy groups -OCH3 is 1. The van der Waals surface area contributed by atoms with E-state index in [-0.39, 0.29) is 28.9 Å². The molecule has 45 heavy (non-hydrogen) atoms. The third kappa shape index (κ3) is 5.87. The average Bonchev–Trinajstić information content (AvgIpc) is 3.59. The van der Waals surface area contributed by atoms with E-state index in [0.717, 1.165) is 31.4 Å². The van der Waals surface area contributed by atoms with Gasteiger partial charge >= 0.3 is 5.97 Å². The number of amides is 1. The Balaban J connectivity index is 1.14. The second-order valence-corrected chi connectivity index (χ2v) is 11.5. The number of hydrogen-bond donors (Lipinski definition) is 1. The molecule has 4 heterocycles. The van der Waals surface area contributed by atoms with Gasteiger partial charge < -0.3 is 19.9 Å². The number of aryl methyl sites for hydroxylation is 1. The number of piperazine rings is 1. The first-order chi connectivity index (χ1) is 21.7. The van der Waals surface area contributed by atoms with Gasteiger partial charge in [-0.05, 0) is 68.7 Å². The number of ether oxygens (including phenoxy) is 1. The van der Waals surface area contributed by atoms with Crippen LogP contribution in [-0.4, -0.2) is 75.4 Å². The normalized spacial score (nSPS) is 15.4. The third-order valence-electron chi connectivity index (χ3n) is 8.72. The summed E-state index contributed by atoms with van der Waals surface area (Å²) in [6.07, 6.45) is 7.25. The van der Waals surface area contributed by atoms with Crippen molar-refractivity contribution < 1.29 is 19.1 Å². The Hall–Kier alpha value is -5.13. The molecule has 3 aromatic heterocycles. The van der Waals surface area contributed by atoms with E-state index < -0.39 is 5.97 Å². The van der Waals surface area contributed by atoms with Gasteiger partial charge in [-0.15, -0.1) is 0 Å². The van der Waals surface area contributed by atoms with Crippen LogP contribution < -0.4 is 15.8 Å². The zero-order chi connectivity index (χ0) is 31.7. The predicted molar refractivity (Wildman–Crippen MR) is 169 cm³/mol. The van der Waals surface area contributed by atoms with Crippen LogP contribution in [0.5, 0.6) is 0 Å². The standard InChI is InChI=1S/C33H35N7O5/c1-20-26-19-35-33(37-29(26)40(24-6-4-5-7-24)31(43)28(20)21(2)41)36-27-13-12-25(18-34-27)38-14-16-39(17-15-38)30(42)22-8-10-23(11-9-22)32(44)45-3/h8-13,18-19,24H,4-7,14-17H2,1-3H3,(H,34,35,36,37). The minimum Gasteiger partial charge on any atom is -0.465 e. The molecule has 0 spiro atoms. The van der Waals surface area contributed by atoms with Crippen molar-refractivity contribution in [2.75, 3.05) is 43.5 Å². The minimum absolute atomic E-state index is 0.00161. The van der Waals surface area contributed by atoms with E-state index in [1.54, 1.807) is 53.0 Å². The smallest absolute Gasteiger partial charge is 0.337 e. The lowest BCUT2D eigenvalue weighted by Crippen LogP contribution is -2.48. The van der Waals surface area contributed by atoms with Crippen molar-refractivity contribution in [2.45, 2.75) is 45.6 Å². The number of nitrogens with zero attached hydrogens (tertiary/aromatic N) is 6. The molecule has 0 radical (unpaired) electrons. The summed E-state index contributed by atoms with van der Waals surface area (Å²) in [5.74, 6) is 0.0965. The molecule has 1 saturated heterocycles. The summed E-state index contributed by atoms with van der Waals surface area (Å²) in [4.78, 5) is 68.3. The topological polar surface area (TPSA) is 140 Å². The molecule has 1 aromatic carbocycles. The largest absolute Gasteiger partial charge is 0.465 e. The molecule has 0 bridgehead atoms. The first kappa shape index (κ1) is 29.9. The zero-order valence-electron chi connectivity index (χ0n) is 25.6. The fraction of sp³-hybridized carbons (Fsp3) is 0.364. The summed E-state index contributed by atoms with van der Waals surface area (Å²) >= 11 is 0. The molecule has 1 N–H and O–H groups in total. The molecule has 1 saturated carbocycles. The molecule has 2 aliphatic rings. The number of esters is 1. The highest BCUT2D eigenvalue weighted by Crippen LogP contribution is 2.32. The molecular weight excluding hydrogens is 574 g/mol. The highest BCUT2D eigenvalue weighted by molar-refractivity contribution is 5.99. The molecule has 1 amide bonds. The maximum absolute atomic E-state index is 13.5. The molecule has 1 aliphatic heterocycles. The van der Waals surface area contributed by atoms with Crippen LogP contribution in [0, 0.1) is 6.92 Å². The van der Waals surface area contributed by atoms with Gasteiger partial charge in [0.15, 0.2) is 5.78 Å². The summed E-state index contributed by atoms with van der Waals surface area (Å²) in [6.45, 7) is 5.60. The summed E-state index contributed by atoms with van der Waals surface area (Å²) in [7, 11) is 1.32. The van der Waals surface area contributed by atoms with Crippen LogP contribution in [0.2, 0.25) is 0 Å². The van der Waals surface area contributed by atoms with Gasteiger partial charge in [-0.3, -0.25) is 19.0 Å². The Bertz CT molecular complexity index is 1820. The molecular formula is C33H35N7O5. The second-order valence-electron chi connectivity index (χ2n) is 11.5. The Morgan fingerprint density at radius 1 is 0.911 bits per heavy atom. The van der Waals surface area contributed by atoms with Crippen LogP contribution >= 0.6 is 0 Å². The van der Waals surface area contributed by atoms with Gasteiger partial charge in [0.2, 0.25) is 5.95 Å². The van der Waals surface area contributed by atoms with Gasteiger partial charge in [0.25, 0.3) is 11.5 Å². The number of anilines is 3. The van der Waals surface area contributed by atoms with E-state index in [4.69, 9.17) is 9.72 Å². The van der Waals surface area contributed by atoms with E-state index in [1.165, 1.54) is 14.0 Å².